The summed E-state index contributed by atoms with van der Waals surface area (Å²) in [6, 6.07) is 0. The van der Waals surface area contributed by atoms with Gasteiger partial charge in [-0.3, -0.25) is 0 Å². The van der Waals surface area contributed by atoms with E-state index in [0.717, 1.165) is 11.8 Å². The van der Waals surface area contributed by atoms with E-state index in [0.29, 0.717) is 10.8 Å². The van der Waals surface area contributed by atoms with Crippen molar-refractivity contribution in [2.24, 2.45) is 10.8 Å². The maximum Gasteiger partial charge on any atom is 0.0140 e. The van der Waals surface area contributed by atoms with Gasteiger partial charge >= 0.3 is 0 Å². The molecule has 0 radical (unpaired) electrons. The van der Waals surface area contributed by atoms with Crippen LogP contribution in [0, 0.1) is 23.2 Å². The molecule has 0 saturated carbocycles. The predicted molar refractivity (Wildman–Crippen MR) is 68.7 cm³/mol. The number of rotatable bonds is 6. The zero-order valence-corrected chi connectivity index (χ0v) is 11.6. The SMILES string of the molecule is C#CCC(C)(CCC)CC(C)(C)CBr. The van der Waals surface area contributed by atoms with Crippen LogP contribution in [0.15, 0.2) is 0 Å². The molecule has 82 valence electrons. The van der Waals surface area contributed by atoms with Gasteiger partial charge in [0, 0.05) is 11.8 Å². The molecule has 0 rings (SSSR count). The molecule has 0 aliphatic rings. The van der Waals surface area contributed by atoms with Crippen LogP contribution in [0.5, 0.6) is 0 Å². The predicted octanol–water partition coefficient (Wildman–Crippen LogP) is 4.63. The lowest BCUT2D eigenvalue weighted by Gasteiger charge is -2.35. The average Bonchev–Trinajstić information content (AvgIpc) is 2.03. The Bertz CT molecular complexity index is 200. The van der Waals surface area contributed by atoms with Crippen molar-refractivity contribution in [2.75, 3.05) is 5.33 Å². The van der Waals surface area contributed by atoms with Crippen LogP contribution in [0.1, 0.15) is 53.4 Å². The molecule has 1 atom stereocenters. The van der Waals surface area contributed by atoms with E-state index in [4.69, 9.17) is 6.42 Å². The van der Waals surface area contributed by atoms with E-state index in [9.17, 15) is 0 Å². The average molecular weight is 259 g/mol. The van der Waals surface area contributed by atoms with E-state index < -0.39 is 0 Å². The normalized spacial score (nSPS) is 16.0. The van der Waals surface area contributed by atoms with Crippen molar-refractivity contribution >= 4 is 15.9 Å². The summed E-state index contributed by atoms with van der Waals surface area (Å²) >= 11 is 3.57. The number of halogens is 1. The second kappa shape index (κ2) is 5.81. The summed E-state index contributed by atoms with van der Waals surface area (Å²) in [5.41, 5.74) is 0.668. The monoisotopic (exact) mass is 258 g/mol. The van der Waals surface area contributed by atoms with Gasteiger partial charge in [0.05, 0.1) is 0 Å². The van der Waals surface area contributed by atoms with Gasteiger partial charge in [-0.1, -0.05) is 50.0 Å². The fraction of sp³-hybridized carbons (Fsp3) is 0.846. The Kier molecular flexibility index (Phi) is 5.83. The highest BCUT2D eigenvalue weighted by molar-refractivity contribution is 9.09. The summed E-state index contributed by atoms with van der Waals surface area (Å²) in [4.78, 5) is 0. The molecule has 0 saturated heterocycles. The third-order valence-electron chi connectivity index (χ3n) is 2.65. The molecular weight excluding hydrogens is 236 g/mol. The quantitative estimate of drug-likeness (QED) is 0.482. The van der Waals surface area contributed by atoms with E-state index in [2.05, 4.69) is 49.5 Å². The summed E-state index contributed by atoms with van der Waals surface area (Å²) in [6.45, 7) is 9.15. The van der Waals surface area contributed by atoms with Crippen LogP contribution in [0.25, 0.3) is 0 Å². The van der Waals surface area contributed by atoms with Gasteiger partial charge in [-0.2, -0.15) is 0 Å². The summed E-state index contributed by atoms with van der Waals surface area (Å²) in [5, 5.41) is 1.05. The van der Waals surface area contributed by atoms with E-state index in [1.807, 2.05) is 0 Å². The van der Waals surface area contributed by atoms with Crippen LogP contribution in [0.3, 0.4) is 0 Å². The van der Waals surface area contributed by atoms with Crippen molar-refractivity contribution in [3.05, 3.63) is 0 Å². The maximum atomic E-state index is 5.44. The van der Waals surface area contributed by atoms with Gasteiger partial charge in [0.1, 0.15) is 0 Å². The number of hydrogen-bond donors (Lipinski definition) is 0. The van der Waals surface area contributed by atoms with E-state index in [-0.39, 0.29) is 0 Å². The number of terminal acetylenes is 1. The van der Waals surface area contributed by atoms with Crippen molar-refractivity contribution in [2.45, 2.75) is 53.4 Å². The highest BCUT2D eigenvalue weighted by Crippen LogP contribution is 2.40. The number of hydrogen-bond acceptors (Lipinski definition) is 0. The molecular formula is C13H23Br. The molecule has 0 bridgehead atoms. The van der Waals surface area contributed by atoms with Crippen LogP contribution in [0.2, 0.25) is 0 Å². The second-order valence-electron chi connectivity index (χ2n) is 5.42. The van der Waals surface area contributed by atoms with Crippen molar-refractivity contribution < 1.29 is 0 Å². The lowest BCUT2D eigenvalue weighted by molar-refractivity contribution is 0.185. The van der Waals surface area contributed by atoms with Crippen molar-refractivity contribution in [1.82, 2.24) is 0 Å². The highest BCUT2D eigenvalue weighted by atomic mass is 79.9. The van der Waals surface area contributed by atoms with Crippen molar-refractivity contribution in [1.29, 1.82) is 0 Å². The molecule has 0 fully saturated rings. The molecule has 0 aliphatic heterocycles. The van der Waals surface area contributed by atoms with Crippen LogP contribution in [-0.2, 0) is 0 Å². The summed E-state index contributed by atoms with van der Waals surface area (Å²) in [7, 11) is 0. The van der Waals surface area contributed by atoms with Gasteiger partial charge in [0.15, 0.2) is 0 Å². The maximum absolute atomic E-state index is 5.44. The Balaban J connectivity index is 4.44. The lowest BCUT2D eigenvalue weighted by Crippen LogP contribution is -2.26. The van der Waals surface area contributed by atoms with Crippen LogP contribution in [-0.4, -0.2) is 5.33 Å². The Morgan fingerprint density at radius 2 is 1.86 bits per heavy atom. The third-order valence-corrected chi connectivity index (χ3v) is 4.17. The first-order chi connectivity index (χ1) is 6.39. The molecule has 0 aliphatic carbocycles. The summed E-state index contributed by atoms with van der Waals surface area (Å²) < 4.78 is 0. The topological polar surface area (TPSA) is 0 Å². The van der Waals surface area contributed by atoms with E-state index in [1.54, 1.807) is 0 Å². The first-order valence-electron chi connectivity index (χ1n) is 5.38. The molecule has 0 N–H and O–H groups in total. The highest BCUT2D eigenvalue weighted by Gasteiger charge is 2.30. The molecule has 0 spiro atoms. The first-order valence-corrected chi connectivity index (χ1v) is 6.51. The second-order valence-corrected chi connectivity index (χ2v) is 5.98. The van der Waals surface area contributed by atoms with Gasteiger partial charge in [0.2, 0.25) is 0 Å². The zero-order chi connectivity index (χ0) is 11.2. The van der Waals surface area contributed by atoms with Gasteiger partial charge < -0.3 is 0 Å². The molecule has 0 aromatic carbocycles. The molecule has 0 amide bonds. The van der Waals surface area contributed by atoms with E-state index in [1.165, 1.54) is 19.3 Å². The smallest absolute Gasteiger partial charge is 0.0140 e. The Morgan fingerprint density at radius 3 is 2.21 bits per heavy atom. The fourth-order valence-corrected chi connectivity index (χ4v) is 2.49. The van der Waals surface area contributed by atoms with Crippen molar-refractivity contribution in [3.63, 3.8) is 0 Å². The molecule has 0 aromatic rings. The third kappa shape index (κ3) is 5.05. The minimum Gasteiger partial charge on any atom is -0.120 e. The Morgan fingerprint density at radius 1 is 1.29 bits per heavy atom. The van der Waals surface area contributed by atoms with Gasteiger partial charge in [-0.05, 0) is 23.7 Å². The molecule has 0 nitrogen and oxygen atoms in total. The van der Waals surface area contributed by atoms with Crippen LogP contribution >= 0.6 is 15.9 Å². The lowest BCUT2D eigenvalue weighted by atomic mass is 9.71. The standard InChI is InChI=1S/C13H23Br/c1-6-8-13(5,9-7-2)10-12(3,4)11-14/h1H,7-11H2,2-5H3. The molecule has 0 aromatic heterocycles. The molecule has 1 heteroatoms. The van der Waals surface area contributed by atoms with Gasteiger partial charge in [-0.15, -0.1) is 12.3 Å². The van der Waals surface area contributed by atoms with Crippen molar-refractivity contribution in [3.8, 4) is 12.3 Å². The molecule has 14 heavy (non-hydrogen) atoms. The molecule has 0 heterocycles. The summed E-state index contributed by atoms with van der Waals surface area (Å²) in [6.07, 6.45) is 9.99. The van der Waals surface area contributed by atoms with Crippen LogP contribution in [0.4, 0.5) is 0 Å². The van der Waals surface area contributed by atoms with Crippen LogP contribution < -0.4 is 0 Å². The van der Waals surface area contributed by atoms with Gasteiger partial charge in [0.25, 0.3) is 0 Å². The fourth-order valence-electron chi connectivity index (χ4n) is 2.29. The largest absolute Gasteiger partial charge is 0.120 e. The Hall–Kier alpha value is 0.0400. The number of alkyl halides is 1. The summed E-state index contributed by atoms with van der Waals surface area (Å²) in [5.74, 6) is 2.82. The minimum atomic E-state index is 0.320. The zero-order valence-electron chi connectivity index (χ0n) is 9.99. The van der Waals surface area contributed by atoms with E-state index >= 15 is 0 Å². The first kappa shape index (κ1) is 14.0. The van der Waals surface area contributed by atoms with Gasteiger partial charge in [-0.25, -0.2) is 0 Å². The minimum absolute atomic E-state index is 0.320. The Labute approximate surface area is 98.0 Å². The molecule has 1 unspecified atom stereocenters.